The Kier molecular flexibility index (Phi) is 7.40. The average molecular weight is 673 g/mol. The van der Waals surface area contributed by atoms with Gasteiger partial charge in [0.2, 0.25) is 0 Å². The van der Waals surface area contributed by atoms with E-state index in [-0.39, 0.29) is 5.69 Å². The number of aliphatic imine (C=N–C) groups is 4. The SMILES string of the molecule is Nc1ccc(C2=C3C=CC(=N3)C(c3ccccc3)=C3C=CC(=N3)C(c3ccccc3)=C3C=CC(=N3)C(c3ccc([N+](=O)[O-])cc3)=C3C=CC2=N3)cc1. The summed E-state index contributed by atoms with van der Waals surface area (Å²) in [6, 6.07) is 34.5. The molecule has 4 aromatic carbocycles. The molecule has 0 amide bonds. The Bertz CT molecular complexity index is 2590. The van der Waals surface area contributed by atoms with E-state index in [0.717, 1.165) is 73.1 Å². The molecular formula is C44H28N6O2. The third-order valence-electron chi connectivity index (χ3n) is 9.30. The van der Waals surface area contributed by atoms with Gasteiger partial charge in [-0.15, -0.1) is 0 Å². The minimum Gasteiger partial charge on any atom is -0.399 e. The van der Waals surface area contributed by atoms with Gasteiger partial charge < -0.3 is 5.73 Å². The Hall–Kier alpha value is -7.32. The van der Waals surface area contributed by atoms with E-state index in [4.69, 9.17) is 25.7 Å². The molecule has 0 fully saturated rings. The molecule has 0 aliphatic carbocycles. The second-order valence-corrected chi connectivity index (χ2v) is 12.5. The molecule has 0 saturated carbocycles. The number of hydrogen-bond donors (Lipinski definition) is 1. The number of nitrogens with two attached hydrogens (primary N) is 1. The second kappa shape index (κ2) is 12.5. The Labute approximate surface area is 299 Å². The van der Waals surface area contributed by atoms with Crippen molar-refractivity contribution in [1.29, 1.82) is 0 Å². The van der Waals surface area contributed by atoms with Crippen LogP contribution in [0.4, 0.5) is 11.4 Å². The van der Waals surface area contributed by atoms with E-state index in [1.165, 1.54) is 12.1 Å². The van der Waals surface area contributed by atoms with Gasteiger partial charge in [-0.05, 0) is 95.1 Å². The Morgan fingerprint density at radius 2 is 0.712 bits per heavy atom. The third kappa shape index (κ3) is 5.45. The predicted molar refractivity (Wildman–Crippen MR) is 211 cm³/mol. The number of non-ortho nitro benzene ring substituents is 1. The predicted octanol–water partition coefficient (Wildman–Crippen LogP) is 9.18. The monoisotopic (exact) mass is 672 g/mol. The van der Waals surface area contributed by atoms with Crippen molar-refractivity contribution in [2.45, 2.75) is 0 Å². The second-order valence-electron chi connectivity index (χ2n) is 12.5. The maximum Gasteiger partial charge on any atom is 0.269 e. The fourth-order valence-corrected chi connectivity index (χ4v) is 6.88. The van der Waals surface area contributed by atoms with Crippen molar-refractivity contribution in [3.63, 3.8) is 0 Å². The van der Waals surface area contributed by atoms with Crippen molar-refractivity contribution >= 4 is 56.5 Å². The number of rotatable bonds is 5. The molecule has 0 aromatic heterocycles. The molecule has 5 heterocycles. The van der Waals surface area contributed by atoms with Gasteiger partial charge in [0.25, 0.3) is 5.69 Å². The van der Waals surface area contributed by atoms with Crippen LogP contribution in [0.25, 0.3) is 22.3 Å². The number of nitrogen functional groups attached to an aromatic ring is 1. The van der Waals surface area contributed by atoms with Crippen LogP contribution in [0.1, 0.15) is 22.3 Å². The van der Waals surface area contributed by atoms with E-state index >= 15 is 0 Å². The lowest BCUT2D eigenvalue weighted by atomic mass is 9.98. The van der Waals surface area contributed by atoms with Crippen LogP contribution in [0, 0.1) is 10.1 Å². The van der Waals surface area contributed by atoms with Crippen LogP contribution in [0.3, 0.4) is 0 Å². The summed E-state index contributed by atoms with van der Waals surface area (Å²) < 4.78 is 0. The highest BCUT2D eigenvalue weighted by Gasteiger charge is 2.27. The van der Waals surface area contributed by atoms with Gasteiger partial charge in [0, 0.05) is 40.1 Å². The first-order valence-corrected chi connectivity index (χ1v) is 16.8. The highest BCUT2D eigenvalue weighted by atomic mass is 16.6. The molecule has 0 spiro atoms. The molecule has 246 valence electrons. The number of nitro groups is 1. The van der Waals surface area contributed by atoms with Crippen molar-refractivity contribution in [2.75, 3.05) is 5.73 Å². The van der Waals surface area contributed by atoms with Gasteiger partial charge in [-0.25, -0.2) is 20.0 Å². The topological polar surface area (TPSA) is 119 Å². The number of allylic oxidation sites excluding steroid dienone is 12. The first-order valence-electron chi connectivity index (χ1n) is 16.8. The number of nitrogens with zero attached hydrogens (tertiary/aromatic N) is 5. The standard InChI is InChI=1S/C44H28N6O2/c45-31-15-11-29(12-16-31)43-37-23-21-35(47-37)41(27-7-3-1-4-8-27)33-19-20-34(46-33)42(28-9-5-2-6-10-28)36-22-24-39(48-36)44(40-26-25-38(43)49-40)30-13-17-32(18-14-30)50(51)52/h1-26H,45H2. The van der Waals surface area contributed by atoms with Crippen LogP contribution in [0.15, 0.2) is 201 Å². The zero-order valence-electron chi connectivity index (χ0n) is 27.6. The average Bonchev–Trinajstić information content (AvgIpc) is 4.01. The molecule has 8 heteroatoms. The normalized spacial score (nSPS) is 17.3. The lowest BCUT2D eigenvalue weighted by molar-refractivity contribution is -0.384. The fraction of sp³-hybridized carbons (Fsp3) is 0. The quantitative estimate of drug-likeness (QED) is 0.129. The molecule has 5 aliphatic rings. The Balaban J connectivity index is 1.36. The van der Waals surface area contributed by atoms with Crippen LogP contribution < -0.4 is 5.73 Å². The summed E-state index contributed by atoms with van der Waals surface area (Å²) >= 11 is 0. The molecule has 8 nitrogen and oxygen atoms in total. The van der Waals surface area contributed by atoms with Gasteiger partial charge >= 0.3 is 0 Å². The van der Waals surface area contributed by atoms with Crippen molar-refractivity contribution in [3.05, 3.63) is 213 Å². The lowest BCUT2D eigenvalue weighted by Crippen LogP contribution is -2.04. The first-order chi connectivity index (χ1) is 25.5. The fourth-order valence-electron chi connectivity index (χ4n) is 6.88. The number of fused-ring (bicyclic) bond motifs is 4. The zero-order valence-corrected chi connectivity index (χ0v) is 27.6. The van der Waals surface area contributed by atoms with Crippen LogP contribution in [-0.2, 0) is 0 Å². The molecule has 0 radical (unpaired) electrons. The smallest absolute Gasteiger partial charge is 0.269 e. The van der Waals surface area contributed by atoms with Crippen LogP contribution in [0.2, 0.25) is 0 Å². The molecule has 0 saturated heterocycles. The van der Waals surface area contributed by atoms with Crippen LogP contribution in [0.5, 0.6) is 0 Å². The summed E-state index contributed by atoms with van der Waals surface area (Å²) in [6.07, 6.45) is 16.1. The number of benzene rings is 4. The highest BCUT2D eigenvalue weighted by Crippen LogP contribution is 2.38. The number of nitro benzene ring substituents is 1. The molecular weight excluding hydrogens is 645 g/mol. The number of hydrogen-bond acceptors (Lipinski definition) is 7. The van der Waals surface area contributed by atoms with Gasteiger partial charge in [0.05, 0.1) is 50.6 Å². The van der Waals surface area contributed by atoms with E-state index in [1.54, 1.807) is 12.1 Å². The third-order valence-corrected chi connectivity index (χ3v) is 9.30. The zero-order chi connectivity index (χ0) is 35.2. The van der Waals surface area contributed by atoms with E-state index in [2.05, 4.69) is 24.3 Å². The van der Waals surface area contributed by atoms with Gasteiger partial charge in [-0.3, -0.25) is 10.1 Å². The van der Waals surface area contributed by atoms with Crippen LogP contribution in [-0.4, -0.2) is 27.8 Å². The van der Waals surface area contributed by atoms with Gasteiger partial charge in [-0.1, -0.05) is 72.8 Å². The summed E-state index contributed by atoms with van der Waals surface area (Å²) in [5.74, 6) is 0. The first kappa shape index (κ1) is 30.7. The molecule has 9 rings (SSSR count). The van der Waals surface area contributed by atoms with Crippen molar-refractivity contribution in [3.8, 4) is 0 Å². The van der Waals surface area contributed by atoms with Gasteiger partial charge in [-0.2, -0.15) is 0 Å². The lowest BCUT2D eigenvalue weighted by Gasteiger charge is -2.12. The maximum absolute atomic E-state index is 11.6. The van der Waals surface area contributed by atoms with Crippen LogP contribution >= 0.6 is 0 Å². The molecule has 2 N–H and O–H groups in total. The van der Waals surface area contributed by atoms with Crippen molar-refractivity contribution < 1.29 is 4.92 Å². The van der Waals surface area contributed by atoms with E-state index in [1.807, 2.05) is 109 Å². The minimum absolute atomic E-state index is 0.00591. The summed E-state index contributed by atoms with van der Waals surface area (Å²) in [4.78, 5) is 32.2. The summed E-state index contributed by atoms with van der Waals surface area (Å²) in [5.41, 5.74) is 19.7. The van der Waals surface area contributed by atoms with E-state index < -0.39 is 4.92 Å². The Morgan fingerprint density at radius 1 is 0.404 bits per heavy atom. The minimum atomic E-state index is -0.400. The molecule has 0 atom stereocenters. The molecule has 5 aliphatic heterocycles. The Morgan fingerprint density at radius 3 is 1.04 bits per heavy atom. The molecule has 8 bridgehead atoms. The van der Waals surface area contributed by atoms with Crippen molar-refractivity contribution in [1.82, 2.24) is 0 Å². The number of anilines is 1. The van der Waals surface area contributed by atoms with E-state index in [0.29, 0.717) is 22.8 Å². The van der Waals surface area contributed by atoms with Crippen molar-refractivity contribution in [2.24, 2.45) is 20.0 Å². The van der Waals surface area contributed by atoms with Gasteiger partial charge in [0.15, 0.2) is 0 Å². The highest BCUT2D eigenvalue weighted by molar-refractivity contribution is 6.39. The summed E-state index contributed by atoms with van der Waals surface area (Å²) in [6.45, 7) is 0. The molecule has 0 unspecified atom stereocenters. The summed E-state index contributed by atoms with van der Waals surface area (Å²) in [7, 11) is 0. The maximum atomic E-state index is 11.6. The summed E-state index contributed by atoms with van der Waals surface area (Å²) in [5, 5.41) is 11.6. The molecule has 52 heavy (non-hydrogen) atoms. The van der Waals surface area contributed by atoms with Gasteiger partial charge in [0.1, 0.15) is 0 Å². The largest absolute Gasteiger partial charge is 0.399 e. The molecule has 4 aromatic rings. The van der Waals surface area contributed by atoms with E-state index in [9.17, 15) is 10.1 Å².